The van der Waals surface area contributed by atoms with E-state index in [9.17, 15) is 17.6 Å². The van der Waals surface area contributed by atoms with Crippen LogP contribution in [0.4, 0.5) is 4.39 Å². The summed E-state index contributed by atoms with van der Waals surface area (Å²) >= 11 is 0. The zero-order valence-electron chi connectivity index (χ0n) is 7.53. The maximum Gasteiger partial charge on any atom is 0.207 e. The zero-order valence-corrected chi connectivity index (χ0v) is 8.34. The maximum atomic E-state index is 12.1. The van der Waals surface area contributed by atoms with Crippen molar-refractivity contribution in [2.75, 3.05) is 6.01 Å². The van der Waals surface area contributed by atoms with Crippen molar-refractivity contribution in [1.82, 2.24) is 0 Å². The average Bonchev–Trinajstić information content (AvgIpc) is 2.18. The molecule has 5 heteroatoms. The topological polar surface area (TPSA) is 51.2 Å². The van der Waals surface area contributed by atoms with E-state index in [0.717, 1.165) is 0 Å². The van der Waals surface area contributed by atoms with Crippen molar-refractivity contribution >= 4 is 15.6 Å². The molecule has 1 aromatic carbocycles. The largest absolute Gasteiger partial charge is 0.295 e. The lowest BCUT2D eigenvalue weighted by atomic mass is 10.2. The van der Waals surface area contributed by atoms with Crippen LogP contribution in [-0.2, 0) is 9.84 Å². The second kappa shape index (κ2) is 3.88. The highest BCUT2D eigenvalue weighted by Gasteiger charge is 2.14. The fourth-order valence-electron chi connectivity index (χ4n) is 0.972. The molecule has 0 spiro atoms. The minimum Gasteiger partial charge on any atom is -0.295 e. The lowest BCUT2D eigenvalue weighted by Gasteiger charge is -2.01. The molecule has 0 aromatic heterocycles. The van der Waals surface area contributed by atoms with E-state index >= 15 is 0 Å². The quantitative estimate of drug-likeness (QED) is 0.721. The third kappa shape index (κ3) is 2.17. The van der Waals surface area contributed by atoms with Crippen LogP contribution >= 0.6 is 0 Å². The summed E-state index contributed by atoms with van der Waals surface area (Å²) < 4.78 is 34.3. The molecule has 0 atom stereocenters. The lowest BCUT2D eigenvalue weighted by molar-refractivity contribution is 0.101. The van der Waals surface area contributed by atoms with Crippen LogP contribution in [0.1, 0.15) is 17.3 Å². The van der Waals surface area contributed by atoms with Gasteiger partial charge in [-0.05, 0) is 19.1 Å². The van der Waals surface area contributed by atoms with Gasteiger partial charge in [0.15, 0.2) is 11.8 Å². The zero-order chi connectivity index (χ0) is 10.8. The molecule has 1 rings (SSSR count). The Kier molecular flexibility index (Phi) is 3.00. The molecule has 76 valence electrons. The van der Waals surface area contributed by atoms with E-state index < -0.39 is 15.8 Å². The van der Waals surface area contributed by atoms with Crippen LogP contribution in [0.5, 0.6) is 0 Å². The van der Waals surface area contributed by atoms with Crippen molar-refractivity contribution in [3.05, 3.63) is 29.8 Å². The fraction of sp³-hybridized carbons (Fsp3) is 0.222. The number of benzene rings is 1. The Morgan fingerprint density at radius 2 is 2.07 bits per heavy atom. The number of Topliss-reactive ketones (excluding diaryl/α,β-unsaturated/α-hetero) is 1. The van der Waals surface area contributed by atoms with Crippen LogP contribution in [0.2, 0.25) is 0 Å². The third-order valence-electron chi connectivity index (χ3n) is 1.74. The van der Waals surface area contributed by atoms with Gasteiger partial charge in [-0.3, -0.25) is 4.79 Å². The Bertz CT molecular complexity index is 451. The van der Waals surface area contributed by atoms with E-state index in [1.54, 1.807) is 0 Å². The monoisotopic (exact) mass is 216 g/mol. The molecular weight excluding hydrogens is 207 g/mol. The number of sulfone groups is 1. The summed E-state index contributed by atoms with van der Waals surface area (Å²) in [4.78, 5) is 10.8. The van der Waals surface area contributed by atoms with Gasteiger partial charge in [-0.1, -0.05) is 12.1 Å². The molecule has 0 radical (unpaired) electrons. The van der Waals surface area contributed by atoms with E-state index in [0.29, 0.717) is 0 Å². The van der Waals surface area contributed by atoms with E-state index in [4.69, 9.17) is 0 Å². The number of hydrogen-bond donors (Lipinski definition) is 0. The molecule has 0 saturated heterocycles. The highest BCUT2D eigenvalue weighted by molar-refractivity contribution is 7.91. The Morgan fingerprint density at radius 1 is 1.43 bits per heavy atom. The molecule has 0 amide bonds. The van der Waals surface area contributed by atoms with E-state index in [1.807, 2.05) is 0 Å². The van der Waals surface area contributed by atoms with Gasteiger partial charge in [0.05, 0.1) is 4.90 Å². The van der Waals surface area contributed by atoms with Crippen molar-refractivity contribution in [2.45, 2.75) is 11.8 Å². The number of halogens is 1. The van der Waals surface area contributed by atoms with Gasteiger partial charge in [-0.15, -0.1) is 0 Å². The van der Waals surface area contributed by atoms with Gasteiger partial charge in [-0.2, -0.15) is 0 Å². The number of rotatable bonds is 3. The van der Waals surface area contributed by atoms with Gasteiger partial charge in [-0.25, -0.2) is 12.8 Å². The predicted octanol–water partition coefficient (Wildman–Crippen LogP) is 1.59. The molecule has 1 aromatic rings. The molecule has 0 bridgehead atoms. The maximum absolute atomic E-state index is 12.1. The van der Waals surface area contributed by atoms with Gasteiger partial charge in [0, 0.05) is 5.56 Å². The normalized spacial score (nSPS) is 11.3. The SMILES string of the molecule is CC(=O)c1cccc(S(=O)(=O)CF)c1. The summed E-state index contributed by atoms with van der Waals surface area (Å²) in [6, 6.07) is 3.89. The van der Waals surface area contributed by atoms with Crippen molar-refractivity contribution in [3.63, 3.8) is 0 Å². The smallest absolute Gasteiger partial charge is 0.207 e. The first-order valence-corrected chi connectivity index (χ1v) is 5.52. The molecule has 0 saturated carbocycles. The first-order valence-electron chi connectivity index (χ1n) is 3.87. The van der Waals surface area contributed by atoms with E-state index in [2.05, 4.69) is 0 Å². The first-order chi connectivity index (χ1) is 6.47. The molecule has 0 aliphatic carbocycles. The van der Waals surface area contributed by atoms with Gasteiger partial charge in [0.1, 0.15) is 0 Å². The predicted molar refractivity (Wildman–Crippen MR) is 49.6 cm³/mol. The second-order valence-electron chi connectivity index (χ2n) is 2.81. The Labute approximate surface area is 81.5 Å². The lowest BCUT2D eigenvalue weighted by Crippen LogP contribution is -2.04. The summed E-state index contributed by atoms with van der Waals surface area (Å²) in [5.74, 6) is -0.249. The third-order valence-corrected chi connectivity index (χ3v) is 3.00. The fourth-order valence-corrected chi connectivity index (χ4v) is 1.69. The number of carbonyl (C=O) groups excluding carboxylic acids is 1. The first kappa shape index (κ1) is 10.8. The number of ketones is 1. The molecule has 0 fully saturated rings. The summed E-state index contributed by atoms with van der Waals surface area (Å²) in [7, 11) is -3.87. The van der Waals surface area contributed by atoms with Crippen LogP contribution in [0.3, 0.4) is 0 Å². The van der Waals surface area contributed by atoms with Crippen LogP contribution in [-0.4, -0.2) is 20.2 Å². The highest BCUT2D eigenvalue weighted by atomic mass is 32.2. The molecular formula is C9H9FO3S. The average molecular weight is 216 g/mol. The van der Waals surface area contributed by atoms with Crippen molar-refractivity contribution in [3.8, 4) is 0 Å². The van der Waals surface area contributed by atoms with Crippen molar-refractivity contribution < 1.29 is 17.6 Å². The van der Waals surface area contributed by atoms with Crippen LogP contribution in [0.25, 0.3) is 0 Å². The Morgan fingerprint density at radius 3 is 2.57 bits per heavy atom. The van der Waals surface area contributed by atoms with Crippen LogP contribution < -0.4 is 0 Å². The van der Waals surface area contributed by atoms with Gasteiger partial charge < -0.3 is 0 Å². The minimum absolute atomic E-state index is 0.160. The standard InChI is InChI=1S/C9H9FO3S/c1-7(11)8-3-2-4-9(5-8)14(12,13)6-10/h2-5H,6H2,1H3. The van der Waals surface area contributed by atoms with Gasteiger partial charge >= 0.3 is 0 Å². The number of carbonyl (C=O) groups is 1. The van der Waals surface area contributed by atoms with Crippen LogP contribution in [0.15, 0.2) is 29.2 Å². The molecule has 3 nitrogen and oxygen atoms in total. The van der Waals surface area contributed by atoms with Gasteiger partial charge in [0.25, 0.3) is 0 Å². The molecule has 0 N–H and O–H groups in total. The van der Waals surface area contributed by atoms with E-state index in [-0.39, 0.29) is 16.2 Å². The van der Waals surface area contributed by atoms with Gasteiger partial charge in [0.2, 0.25) is 9.84 Å². The molecule has 0 unspecified atom stereocenters. The summed E-state index contributed by atoms with van der Waals surface area (Å²) in [6.07, 6.45) is 0. The van der Waals surface area contributed by atoms with Crippen molar-refractivity contribution in [2.24, 2.45) is 0 Å². The minimum atomic E-state index is -3.87. The molecule has 0 aliphatic rings. The second-order valence-corrected chi connectivity index (χ2v) is 4.73. The molecule has 0 aliphatic heterocycles. The summed E-state index contributed by atoms with van der Waals surface area (Å²) in [6.45, 7) is 1.32. The highest BCUT2D eigenvalue weighted by Crippen LogP contribution is 2.13. The van der Waals surface area contributed by atoms with E-state index in [1.165, 1.54) is 31.2 Å². The van der Waals surface area contributed by atoms with Crippen LogP contribution in [0, 0.1) is 0 Å². The molecule has 0 heterocycles. The number of hydrogen-bond acceptors (Lipinski definition) is 3. The summed E-state index contributed by atoms with van der Waals surface area (Å²) in [5, 5.41) is 0. The summed E-state index contributed by atoms with van der Waals surface area (Å²) in [5.41, 5.74) is 0.263. The van der Waals surface area contributed by atoms with Crippen molar-refractivity contribution in [1.29, 1.82) is 0 Å². The Balaban J connectivity index is 3.26. The number of alkyl halides is 1. The molecule has 14 heavy (non-hydrogen) atoms. The Hall–Kier alpha value is -1.23.